The standard InChI is InChI=1S/C29H40N2O6/c1-28(2,3)36-26(32)30-22(17-19-11-9-8-10-12-19)24-25(35-24)23(31-27(33)37-29(4,5)6)18-20-13-15-21(34-7)16-14-20/h8-16,22-25H,17-18H2,1-7H3,(H,30,32)(H,31,33)/t22-,23-,24+,25+/m0/s1. The van der Waals surface area contributed by atoms with Crippen molar-refractivity contribution in [1.29, 1.82) is 0 Å². The molecule has 0 aliphatic carbocycles. The molecule has 0 unspecified atom stereocenters. The molecule has 8 heteroatoms. The number of ether oxygens (including phenoxy) is 4. The highest BCUT2D eigenvalue weighted by Crippen LogP contribution is 2.32. The first kappa shape index (κ1) is 28.3. The van der Waals surface area contributed by atoms with Gasteiger partial charge in [-0.2, -0.15) is 0 Å². The minimum absolute atomic E-state index is 0.314. The SMILES string of the molecule is COc1ccc(C[C@H](NC(=O)OC(C)(C)C)[C@H]2O[C@@H]2[C@H](Cc2ccccc2)NC(=O)OC(C)(C)C)cc1. The molecule has 0 radical (unpaired) electrons. The van der Waals surface area contributed by atoms with Crippen LogP contribution in [0.15, 0.2) is 54.6 Å². The van der Waals surface area contributed by atoms with Gasteiger partial charge in [-0.25, -0.2) is 9.59 Å². The second kappa shape index (κ2) is 11.9. The second-order valence-corrected chi connectivity index (χ2v) is 11.3. The molecule has 1 aliphatic heterocycles. The molecule has 1 fully saturated rings. The van der Waals surface area contributed by atoms with Crippen molar-refractivity contribution in [2.75, 3.05) is 7.11 Å². The van der Waals surface area contributed by atoms with Gasteiger partial charge in [0.25, 0.3) is 0 Å². The number of benzene rings is 2. The highest BCUT2D eigenvalue weighted by Gasteiger charge is 2.51. The van der Waals surface area contributed by atoms with Crippen LogP contribution in [0.5, 0.6) is 5.75 Å². The molecule has 2 aromatic rings. The summed E-state index contributed by atoms with van der Waals surface area (Å²) in [6, 6.07) is 16.9. The number of carbonyl (C=O) groups is 2. The molecule has 2 N–H and O–H groups in total. The molecule has 1 heterocycles. The summed E-state index contributed by atoms with van der Waals surface area (Å²) in [4.78, 5) is 25.4. The van der Waals surface area contributed by atoms with Crippen molar-refractivity contribution in [1.82, 2.24) is 10.6 Å². The van der Waals surface area contributed by atoms with E-state index in [4.69, 9.17) is 18.9 Å². The predicted octanol–water partition coefficient (Wildman–Crippen LogP) is 5.03. The number of rotatable bonds is 9. The molecule has 1 aliphatic rings. The number of methoxy groups -OCH3 is 1. The maximum Gasteiger partial charge on any atom is 0.407 e. The van der Waals surface area contributed by atoms with E-state index in [2.05, 4.69) is 10.6 Å². The smallest absolute Gasteiger partial charge is 0.407 e. The lowest BCUT2D eigenvalue weighted by molar-refractivity contribution is 0.0482. The van der Waals surface area contributed by atoms with Gasteiger partial charge in [0.15, 0.2) is 0 Å². The molecule has 4 atom stereocenters. The normalized spacial score (nSPS) is 18.8. The number of carbonyl (C=O) groups excluding carboxylic acids is 2. The number of amides is 2. The van der Waals surface area contributed by atoms with Crippen LogP contribution >= 0.6 is 0 Å². The Morgan fingerprint density at radius 2 is 1.19 bits per heavy atom. The van der Waals surface area contributed by atoms with Gasteiger partial charge in [0.05, 0.1) is 19.2 Å². The van der Waals surface area contributed by atoms with Crippen LogP contribution in [0.2, 0.25) is 0 Å². The van der Waals surface area contributed by atoms with Gasteiger partial charge in [-0.1, -0.05) is 42.5 Å². The Morgan fingerprint density at radius 3 is 1.59 bits per heavy atom. The lowest BCUT2D eigenvalue weighted by atomic mass is 9.96. The molecule has 0 bridgehead atoms. The van der Waals surface area contributed by atoms with E-state index in [9.17, 15) is 9.59 Å². The molecule has 8 nitrogen and oxygen atoms in total. The van der Waals surface area contributed by atoms with Crippen molar-refractivity contribution in [2.45, 2.75) is 89.9 Å². The van der Waals surface area contributed by atoms with Gasteiger partial charge in [-0.05, 0) is 77.6 Å². The first-order valence-corrected chi connectivity index (χ1v) is 12.6. The molecule has 2 amide bonds. The van der Waals surface area contributed by atoms with Crippen LogP contribution in [0, 0.1) is 0 Å². The van der Waals surface area contributed by atoms with Gasteiger partial charge in [-0.15, -0.1) is 0 Å². The van der Waals surface area contributed by atoms with E-state index in [-0.39, 0.29) is 24.3 Å². The van der Waals surface area contributed by atoms with Gasteiger partial charge < -0.3 is 29.6 Å². The topological polar surface area (TPSA) is 98.4 Å². The van der Waals surface area contributed by atoms with Crippen LogP contribution in [0.25, 0.3) is 0 Å². The third kappa shape index (κ3) is 9.61. The zero-order valence-corrected chi connectivity index (χ0v) is 22.9. The summed E-state index contributed by atoms with van der Waals surface area (Å²) >= 11 is 0. The van der Waals surface area contributed by atoms with Crippen LogP contribution in [0.3, 0.4) is 0 Å². The Morgan fingerprint density at radius 1 is 0.757 bits per heavy atom. The van der Waals surface area contributed by atoms with Crippen LogP contribution in [0.1, 0.15) is 52.7 Å². The van der Waals surface area contributed by atoms with Crippen molar-refractivity contribution >= 4 is 12.2 Å². The Hall–Kier alpha value is -3.26. The lowest BCUT2D eigenvalue weighted by Crippen LogP contribution is -2.47. The summed E-state index contributed by atoms with van der Waals surface area (Å²) in [7, 11) is 1.62. The molecule has 0 saturated carbocycles. The lowest BCUT2D eigenvalue weighted by Gasteiger charge is -2.25. The number of hydrogen-bond acceptors (Lipinski definition) is 6. The Balaban J connectivity index is 1.78. The maximum absolute atomic E-state index is 12.7. The van der Waals surface area contributed by atoms with Gasteiger partial charge in [0.1, 0.15) is 29.2 Å². The average molecular weight is 513 g/mol. The van der Waals surface area contributed by atoms with Crippen molar-refractivity contribution in [3.05, 3.63) is 65.7 Å². The summed E-state index contributed by atoms with van der Waals surface area (Å²) in [6.07, 6.45) is -0.573. The van der Waals surface area contributed by atoms with Crippen LogP contribution < -0.4 is 15.4 Å². The number of hydrogen-bond donors (Lipinski definition) is 2. The molecule has 0 aromatic heterocycles. The summed E-state index contributed by atoms with van der Waals surface area (Å²) in [5, 5.41) is 5.98. The predicted molar refractivity (Wildman–Crippen MR) is 142 cm³/mol. The molecular formula is C29H40N2O6. The van der Waals surface area contributed by atoms with Gasteiger partial charge >= 0.3 is 12.2 Å². The van der Waals surface area contributed by atoms with Gasteiger partial charge in [-0.3, -0.25) is 0 Å². The van der Waals surface area contributed by atoms with E-state index in [1.54, 1.807) is 7.11 Å². The first-order valence-electron chi connectivity index (χ1n) is 12.6. The summed E-state index contributed by atoms with van der Waals surface area (Å²) in [6.45, 7) is 10.9. The molecule has 1 saturated heterocycles. The summed E-state index contributed by atoms with van der Waals surface area (Å²) < 4.78 is 22.4. The fourth-order valence-electron chi connectivity index (χ4n) is 4.08. The monoisotopic (exact) mass is 512 g/mol. The highest BCUT2D eigenvalue weighted by atomic mass is 16.6. The molecule has 202 valence electrons. The zero-order chi connectivity index (χ0) is 27.2. The zero-order valence-electron chi connectivity index (χ0n) is 22.9. The van der Waals surface area contributed by atoms with Crippen molar-refractivity contribution in [2.24, 2.45) is 0 Å². The van der Waals surface area contributed by atoms with Crippen molar-refractivity contribution in [3.8, 4) is 5.75 Å². The Labute approximate surface area is 220 Å². The Bertz CT molecular complexity index is 1030. The van der Waals surface area contributed by atoms with E-state index in [1.165, 1.54) is 0 Å². The number of epoxide rings is 1. The second-order valence-electron chi connectivity index (χ2n) is 11.3. The fraction of sp³-hybridized carbons (Fsp3) is 0.517. The van der Waals surface area contributed by atoms with E-state index >= 15 is 0 Å². The Kier molecular flexibility index (Phi) is 9.07. The third-order valence-electron chi connectivity index (χ3n) is 5.67. The van der Waals surface area contributed by atoms with E-state index in [0.717, 1.165) is 16.9 Å². The van der Waals surface area contributed by atoms with Crippen molar-refractivity contribution in [3.63, 3.8) is 0 Å². The summed E-state index contributed by atoms with van der Waals surface area (Å²) in [5.41, 5.74) is 0.813. The number of nitrogens with one attached hydrogen (secondary N) is 2. The average Bonchev–Trinajstić information content (AvgIpc) is 3.58. The van der Waals surface area contributed by atoms with E-state index in [0.29, 0.717) is 12.8 Å². The molecule has 3 rings (SSSR count). The van der Waals surface area contributed by atoms with Crippen LogP contribution in [-0.2, 0) is 27.1 Å². The third-order valence-corrected chi connectivity index (χ3v) is 5.67. The van der Waals surface area contributed by atoms with Crippen molar-refractivity contribution < 1.29 is 28.5 Å². The maximum atomic E-state index is 12.7. The molecule has 0 spiro atoms. The van der Waals surface area contributed by atoms with E-state index < -0.39 is 23.4 Å². The van der Waals surface area contributed by atoms with Gasteiger partial charge in [0, 0.05) is 0 Å². The minimum atomic E-state index is -0.632. The minimum Gasteiger partial charge on any atom is -0.497 e. The summed E-state index contributed by atoms with van der Waals surface area (Å²) in [5.74, 6) is 0.755. The van der Waals surface area contributed by atoms with Crippen LogP contribution in [0.4, 0.5) is 9.59 Å². The fourth-order valence-corrected chi connectivity index (χ4v) is 4.08. The largest absolute Gasteiger partial charge is 0.497 e. The quantitative estimate of drug-likeness (QED) is 0.457. The highest BCUT2D eigenvalue weighted by molar-refractivity contribution is 5.69. The van der Waals surface area contributed by atoms with E-state index in [1.807, 2.05) is 96.1 Å². The number of alkyl carbamates (subject to hydrolysis) is 2. The molecule has 2 aromatic carbocycles. The van der Waals surface area contributed by atoms with Crippen LogP contribution in [-0.4, -0.2) is 54.8 Å². The van der Waals surface area contributed by atoms with Gasteiger partial charge in [0.2, 0.25) is 0 Å². The molecular weight excluding hydrogens is 472 g/mol. The first-order chi connectivity index (χ1) is 17.3. The molecule has 37 heavy (non-hydrogen) atoms.